The lowest BCUT2D eigenvalue weighted by Gasteiger charge is -2.44. The first-order valence-corrected chi connectivity index (χ1v) is 9.82. The van der Waals surface area contributed by atoms with Crippen molar-refractivity contribution in [2.24, 2.45) is 0 Å². The molecule has 2 aliphatic heterocycles. The zero-order valence-electron chi connectivity index (χ0n) is 16.7. The Hall–Kier alpha value is -2.53. The van der Waals surface area contributed by atoms with Gasteiger partial charge in [0, 0.05) is 19.6 Å². The van der Waals surface area contributed by atoms with Crippen molar-refractivity contribution in [2.45, 2.75) is 51.3 Å². The zero-order valence-corrected chi connectivity index (χ0v) is 16.7. The van der Waals surface area contributed by atoms with Gasteiger partial charge in [0.2, 0.25) is 12.7 Å². The molecule has 1 saturated heterocycles. The van der Waals surface area contributed by atoms with Crippen LogP contribution in [0.2, 0.25) is 0 Å². The van der Waals surface area contributed by atoms with Crippen LogP contribution in [0.25, 0.3) is 0 Å². The maximum Gasteiger partial charge on any atom is 0.231 e. The summed E-state index contributed by atoms with van der Waals surface area (Å²) in [5.41, 5.74) is 1.86. The summed E-state index contributed by atoms with van der Waals surface area (Å²) >= 11 is 0. The number of ether oxygens (including phenoxy) is 3. The second-order valence-corrected chi connectivity index (χ2v) is 8.11. The number of benzene rings is 2. The van der Waals surface area contributed by atoms with Crippen LogP contribution in [0.4, 0.5) is 0 Å². The van der Waals surface area contributed by atoms with Gasteiger partial charge in [0.1, 0.15) is 0 Å². The molecule has 2 heterocycles. The molecule has 0 bridgehead atoms. The van der Waals surface area contributed by atoms with Crippen molar-refractivity contribution in [3.8, 4) is 11.5 Å². The molecule has 2 atom stereocenters. The molecule has 2 aromatic rings. The van der Waals surface area contributed by atoms with E-state index in [2.05, 4.69) is 26.0 Å². The summed E-state index contributed by atoms with van der Waals surface area (Å²) in [7, 11) is 0. The number of hydrogen-bond donors (Lipinski definition) is 0. The van der Waals surface area contributed by atoms with Crippen molar-refractivity contribution >= 4 is 5.91 Å². The lowest BCUT2D eigenvalue weighted by molar-refractivity contribution is -0.140. The third-order valence-electron chi connectivity index (χ3n) is 5.53. The van der Waals surface area contributed by atoms with E-state index in [0.717, 1.165) is 35.5 Å². The summed E-state index contributed by atoms with van der Waals surface area (Å²) in [6, 6.07) is 16.1. The quantitative estimate of drug-likeness (QED) is 0.792. The van der Waals surface area contributed by atoms with E-state index in [0.29, 0.717) is 6.61 Å². The Morgan fingerprint density at radius 2 is 1.82 bits per heavy atom. The third-order valence-corrected chi connectivity index (χ3v) is 5.53. The molecule has 0 saturated carbocycles. The molecule has 2 aromatic carbocycles. The van der Waals surface area contributed by atoms with E-state index in [-0.39, 0.29) is 30.4 Å². The summed E-state index contributed by atoms with van der Waals surface area (Å²) in [5, 5.41) is 0. The maximum atomic E-state index is 12.9. The molecule has 0 radical (unpaired) electrons. The molecule has 0 N–H and O–H groups in total. The Kier molecular flexibility index (Phi) is 5.02. The fourth-order valence-electron chi connectivity index (χ4n) is 4.32. The largest absolute Gasteiger partial charge is 0.454 e. The Balaban J connectivity index is 1.78. The normalized spacial score (nSPS) is 21.2. The minimum absolute atomic E-state index is 0.0641. The van der Waals surface area contributed by atoms with E-state index >= 15 is 0 Å². The van der Waals surface area contributed by atoms with Crippen LogP contribution in [-0.4, -0.2) is 35.8 Å². The van der Waals surface area contributed by atoms with Crippen molar-refractivity contribution in [1.29, 1.82) is 0 Å². The molecule has 0 aliphatic carbocycles. The predicted molar refractivity (Wildman–Crippen MR) is 106 cm³/mol. The molecular formula is C23H27NO4. The van der Waals surface area contributed by atoms with Crippen molar-refractivity contribution in [2.75, 3.05) is 13.4 Å². The first kappa shape index (κ1) is 18.8. The fourth-order valence-corrected chi connectivity index (χ4v) is 4.32. The molecular weight excluding hydrogens is 354 g/mol. The summed E-state index contributed by atoms with van der Waals surface area (Å²) in [6.45, 7) is 6.74. The van der Waals surface area contributed by atoms with Crippen LogP contribution >= 0.6 is 0 Å². The Bertz CT molecular complexity index is 849. The lowest BCUT2D eigenvalue weighted by Crippen LogP contribution is -2.49. The van der Waals surface area contributed by atoms with Gasteiger partial charge in [-0.15, -0.1) is 0 Å². The summed E-state index contributed by atoms with van der Waals surface area (Å²) < 4.78 is 17.0. The first-order valence-electron chi connectivity index (χ1n) is 9.82. The zero-order chi connectivity index (χ0) is 19.7. The Morgan fingerprint density at radius 1 is 1.07 bits per heavy atom. The number of fused-ring (bicyclic) bond motifs is 1. The van der Waals surface area contributed by atoms with Crippen LogP contribution in [-0.2, 0) is 9.53 Å². The van der Waals surface area contributed by atoms with Gasteiger partial charge in [0.15, 0.2) is 11.5 Å². The fraction of sp³-hybridized carbons (Fsp3) is 0.435. The van der Waals surface area contributed by atoms with Gasteiger partial charge in [-0.2, -0.15) is 0 Å². The summed E-state index contributed by atoms with van der Waals surface area (Å²) in [6.07, 6.45) is 1.64. The Morgan fingerprint density at radius 3 is 2.54 bits per heavy atom. The van der Waals surface area contributed by atoms with Gasteiger partial charge in [-0.1, -0.05) is 36.4 Å². The second kappa shape index (κ2) is 7.47. The smallest absolute Gasteiger partial charge is 0.231 e. The molecule has 5 heteroatoms. The highest BCUT2D eigenvalue weighted by molar-refractivity contribution is 5.75. The van der Waals surface area contributed by atoms with E-state index in [1.54, 1.807) is 6.92 Å². The van der Waals surface area contributed by atoms with E-state index in [1.165, 1.54) is 0 Å². The second-order valence-electron chi connectivity index (χ2n) is 8.11. The van der Waals surface area contributed by atoms with Crippen LogP contribution in [0.15, 0.2) is 48.5 Å². The molecule has 0 spiro atoms. The predicted octanol–water partition coefficient (Wildman–Crippen LogP) is 4.31. The van der Waals surface area contributed by atoms with Crippen LogP contribution in [0.5, 0.6) is 11.5 Å². The van der Waals surface area contributed by atoms with Crippen LogP contribution < -0.4 is 9.47 Å². The maximum absolute atomic E-state index is 12.9. The minimum Gasteiger partial charge on any atom is -0.454 e. The van der Waals surface area contributed by atoms with Gasteiger partial charge < -0.3 is 19.1 Å². The van der Waals surface area contributed by atoms with Gasteiger partial charge in [-0.3, -0.25) is 4.79 Å². The molecule has 5 nitrogen and oxygen atoms in total. The number of carbonyl (C=O) groups is 1. The molecule has 0 aromatic heterocycles. The van der Waals surface area contributed by atoms with Crippen molar-refractivity contribution in [3.63, 3.8) is 0 Å². The van der Waals surface area contributed by atoms with Crippen molar-refractivity contribution < 1.29 is 19.0 Å². The number of rotatable bonds is 4. The highest BCUT2D eigenvalue weighted by Gasteiger charge is 2.38. The van der Waals surface area contributed by atoms with Gasteiger partial charge >= 0.3 is 0 Å². The van der Waals surface area contributed by atoms with Crippen LogP contribution in [0, 0.1) is 0 Å². The third kappa shape index (κ3) is 3.72. The molecule has 4 rings (SSSR count). The summed E-state index contributed by atoms with van der Waals surface area (Å²) in [5.74, 6) is 1.54. The molecule has 148 valence electrons. The highest BCUT2D eigenvalue weighted by Crippen LogP contribution is 2.40. The van der Waals surface area contributed by atoms with Crippen LogP contribution in [0.1, 0.15) is 50.8 Å². The monoisotopic (exact) mass is 381 g/mol. The average Bonchev–Trinajstić information content (AvgIpc) is 3.13. The molecule has 0 unspecified atom stereocenters. The average molecular weight is 381 g/mol. The van der Waals surface area contributed by atoms with Crippen LogP contribution in [0.3, 0.4) is 0 Å². The highest BCUT2D eigenvalue weighted by atomic mass is 16.7. The number of nitrogens with zero attached hydrogens (tertiary/aromatic N) is 1. The van der Waals surface area contributed by atoms with Crippen molar-refractivity contribution in [3.05, 3.63) is 59.7 Å². The van der Waals surface area contributed by atoms with Gasteiger partial charge in [0.25, 0.3) is 0 Å². The lowest BCUT2D eigenvalue weighted by atomic mass is 9.88. The Labute approximate surface area is 166 Å². The molecule has 1 amide bonds. The van der Waals surface area contributed by atoms with Gasteiger partial charge in [0.05, 0.1) is 11.6 Å². The van der Waals surface area contributed by atoms with Crippen molar-refractivity contribution in [1.82, 2.24) is 4.90 Å². The first-order chi connectivity index (χ1) is 13.4. The number of hydrogen-bond acceptors (Lipinski definition) is 4. The number of carbonyl (C=O) groups excluding carboxylic acids is 1. The van der Waals surface area contributed by atoms with E-state index in [4.69, 9.17) is 14.2 Å². The molecule has 1 fully saturated rings. The van der Waals surface area contributed by atoms with Gasteiger partial charge in [-0.05, 0) is 49.9 Å². The SMILES string of the molecule is CC(=O)N([C@@H]1CCOC(C)(C)C1)[C@H](c1ccccc1)c1ccc2c(c1)OCO2. The minimum atomic E-state index is -0.243. The van der Waals surface area contributed by atoms with E-state index in [1.807, 2.05) is 41.3 Å². The molecule has 28 heavy (non-hydrogen) atoms. The topological polar surface area (TPSA) is 48.0 Å². The summed E-state index contributed by atoms with van der Waals surface area (Å²) in [4.78, 5) is 14.9. The number of amides is 1. The van der Waals surface area contributed by atoms with E-state index < -0.39 is 0 Å². The standard InChI is InChI=1S/C23H27NO4/c1-16(25)24(19-11-12-28-23(2,3)14-19)22(17-7-5-4-6-8-17)18-9-10-20-21(13-18)27-15-26-20/h4-10,13,19,22H,11-12,14-15H2,1-3H3/t19-,22-/m1/s1. The van der Waals surface area contributed by atoms with E-state index in [9.17, 15) is 4.79 Å². The van der Waals surface area contributed by atoms with Gasteiger partial charge in [-0.25, -0.2) is 0 Å². The molecule has 2 aliphatic rings.